The first-order chi connectivity index (χ1) is 12.6. The fourth-order valence-electron chi connectivity index (χ4n) is 2.50. The number of morpholine rings is 1. The molecule has 0 spiro atoms. The summed E-state index contributed by atoms with van der Waals surface area (Å²) in [6.45, 7) is 8.27. The van der Waals surface area contributed by atoms with E-state index in [2.05, 4.69) is 39.6 Å². The summed E-state index contributed by atoms with van der Waals surface area (Å²) in [5.74, 6) is 0.670. The number of likely N-dealkylation sites (N-methyl/N-ethyl adjacent to an activating group) is 1. The van der Waals surface area contributed by atoms with Gasteiger partial charge in [-0.2, -0.15) is 0 Å². The molecule has 1 saturated heterocycles. The number of nitrogens with one attached hydrogen (secondary N) is 2. The highest BCUT2D eigenvalue weighted by atomic mass is 32.1. The molecule has 0 aliphatic carbocycles. The molecule has 0 bridgehead atoms. The van der Waals surface area contributed by atoms with Crippen molar-refractivity contribution in [2.24, 2.45) is 4.99 Å². The van der Waals surface area contributed by atoms with Crippen LogP contribution in [0.5, 0.6) is 0 Å². The number of carbonyl (C=O) groups excluding carboxylic acids is 1. The lowest BCUT2D eigenvalue weighted by molar-refractivity contribution is -0.127. The van der Waals surface area contributed by atoms with E-state index in [-0.39, 0.29) is 12.5 Å². The van der Waals surface area contributed by atoms with Crippen LogP contribution >= 0.6 is 11.3 Å². The maximum absolute atomic E-state index is 11.8. The van der Waals surface area contributed by atoms with E-state index in [0.717, 1.165) is 45.8 Å². The minimum absolute atomic E-state index is 0.0105. The zero-order valence-corrected chi connectivity index (χ0v) is 16.9. The van der Waals surface area contributed by atoms with Gasteiger partial charge in [0.1, 0.15) is 6.54 Å². The second-order valence-electron chi connectivity index (χ2n) is 6.41. The van der Waals surface area contributed by atoms with Crippen molar-refractivity contribution < 1.29 is 9.53 Å². The van der Waals surface area contributed by atoms with Gasteiger partial charge in [0.25, 0.3) is 0 Å². The monoisotopic (exact) mass is 381 g/mol. The molecule has 0 saturated carbocycles. The molecule has 1 fully saturated rings. The van der Waals surface area contributed by atoms with Crippen LogP contribution in [-0.4, -0.2) is 81.7 Å². The van der Waals surface area contributed by atoms with Crippen LogP contribution in [-0.2, 0) is 22.5 Å². The lowest BCUT2D eigenvalue weighted by atomic mass is 10.3. The van der Waals surface area contributed by atoms with Crippen molar-refractivity contribution >= 4 is 23.2 Å². The van der Waals surface area contributed by atoms with E-state index in [1.165, 1.54) is 9.75 Å². The van der Waals surface area contributed by atoms with Crippen LogP contribution in [0, 0.1) is 0 Å². The van der Waals surface area contributed by atoms with Crippen molar-refractivity contribution in [3.63, 3.8) is 0 Å². The molecule has 1 aromatic heterocycles. The molecule has 0 radical (unpaired) electrons. The summed E-state index contributed by atoms with van der Waals surface area (Å²) >= 11 is 1.81. The van der Waals surface area contributed by atoms with Crippen LogP contribution in [0.15, 0.2) is 17.1 Å². The number of guanidine groups is 1. The quantitative estimate of drug-likeness (QED) is 0.514. The fraction of sp³-hybridized carbons (Fsp3) is 0.667. The number of aryl methyl sites for hydroxylation is 1. The molecule has 0 atom stereocenters. The predicted molar refractivity (Wildman–Crippen MR) is 107 cm³/mol. The third-order valence-corrected chi connectivity index (χ3v) is 5.42. The van der Waals surface area contributed by atoms with E-state index >= 15 is 0 Å². The first kappa shape index (κ1) is 20.7. The predicted octanol–water partition coefficient (Wildman–Crippen LogP) is 0.766. The second-order valence-corrected chi connectivity index (χ2v) is 7.66. The van der Waals surface area contributed by atoms with Gasteiger partial charge in [-0.15, -0.1) is 11.3 Å². The fourth-order valence-corrected chi connectivity index (χ4v) is 3.40. The van der Waals surface area contributed by atoms with Crippen LogP contribution in [0.4, 0.5) is 0 Å². The summed E-state index contributed by atoms with van der Waals surface area (Å²) in [7, 11) is 3.49. The van der Waals surface area contributed by atoms with Crippen molar-refractivity contribution in [1.29, 1.82) is 0 Å². The van der Waals surface area contributed by atoms with Gasteiger partial charge in [-0.05, 0) is 18.6 Å². The number of carbonyl (C=O) groups is 1. The van der Waals surface area contributed by atoms with Gasteiger partial charge in [-0.25, -0.2) is 4.99 Å². The van der Waals surface area contributed by atoms with Gasteiger partial charge in [-0.1, -0.05) is 6.92 Å². The standard InChI is InChI=1S/C18H31N5O2S/c1-4-15-5-6-16(26-15)13-20-18(21-14-17(24)22(2)3)19-7-8-23-9-11-25-12-10-23/h5-6H,4,7-14H2,1-3H3,(H2,19,20,21). The number of aliphatic imine (C=N–C) groups is 1. The Morgan fingerprint density at radius 2 is 2.00 bits per heavy atom. The molecule has 2 rings (SSSR count). The van der Waals surface area contributed by atoms with E-state index in [0.29, 0.717) is 12.5 Å². The van der Waals surface area contributed by atoms with Crippen LogP contribution in [0.25, 0.3) is 0 Å². The van der Waals surface area contributed by atoms with E-state index < -0.39 is 0 Å². The average molecular weight is 382 g/mol. The zero-order chi connectivity index (χ0) is 18.8. The maximum atomic E-state index is 11.8. The summed E-state index contributed by atoms with van der Waals surface area (Å²) < 4.78 is 5.37. The van der Waals surface area contributed by atoms with E-state index in [1.54, 1.807) is 19.0 Å². The summed E-state index contributed by atoms with van der Waals surface area (Å²) in [6.07, 6.45) is 1.06. The molecule has 1 aromatic rings. The first-order valence-electron chi connectivity index (χ1n) is 9.18. The normalized spacial score (nSPS) is 15.7. The molecule has 1 amide bonds. The number of nitrogens with zero attached hydrogens (tertiary/aromatic N) is 3. The zero-order valence-electron chi connectivity index (χ0n) is 16.1. The Morgan fingerprint density at radius 1 is 1.27 bits per heavy atom. The third kappa shape index (κ3) is 7.31. The number of rotatable bonds is 8. The second kappa shape index (κ2) is 11.2. The molecule has 1 aliphatic rings. The van der Waals surface area contributed by atoms with E-state index in [4.69, 9.17) is 4.74 Å². The van der Waals surface area contributed by atoms with Crippen molar-refractivity contribution in [3.05, 3.63) is 21.9 Å². The van der Waals surface area contributed by atoms with Gasteiger partial charge in [0.15, 0.2) is 5.96 Å². The molecule has 2 heterocycles. The Labute approximate surface area is 160 Å². The van der Waals surface area contributed by atoms with Crippen molar-refractivity contribution in [2.45, 2.75) is 19.9 Å². The number of ether oxygens (including phenoxy) is 1. The molecule has 26 heavy (non-hydrogen) atoms. The van der Waals surface area contributed by atoms with Gasteiger partial charge in [0.2, 0.25) is 5.91 Å². The summed E-state index contributed by atoms with van der Waals surface area (Å²) in [6, 6.07) is 4.31. The molecule has 7 nitrogen and oxygen atoms in total. The molecule has 146 valence electrons. The highest BCUT2D eigenvalue weighted by Crippen LogP contribution is 2.16. The Morgan fingerprint density at radius 3 is 2.65 bits per heavy atom. The maximum Gasteiger partial charge on any atom is 0.243 e. The van der Waals surface area contributed by atoms with Crippen molar-refractivity contribution in [3.8, 4) is 0 Å². The Bertz CT molecular complexity index is 582. The number of amides is 1. The summed E-state index contributed by atoms with van der Waals surface area (Å²) in [5.41, 5.74) is 0. The van der Waals surface area contributed by atoms with E-state index in [9.17, 15) is 4.79 Å². The largest absolute Gasteiger partial charge is 0.379 e. The van der Waals surface area contributed by atoms with Crippen LogP contribution in [0.2, 0.25) is 0 Å². The molecular weight excluding hydrogens is 350 g/mol. The highest BCUT2D eigenvalue weighted by Gasteiger charge is 2.10. The molecule has 2 N–H and O–H groups in total. The Balaban J connectivity index is 1.85. The number of hydrogen-bond donors (Lipinski definition) is 2. The van der Waals surface area contributed by atoms with Crippen LogP contribution in [0.1, 0.15) is 16.7 Å². The molecule has 0 unspecified atom stereocenters. The van der Waals surface area contributed by atoms with Gasteiger partial charge in [0.05, 0.1) is 19.8 Å². The Kier molecular flexibility index (Phi) is 8.87. The van der Waals surface area contributed by atoms with E-state index in [1.807, 2.05) is 11.3 Å². The Hall–Kier alpha value is -1.64. The highest BCUT2D eigenvalue weighted by molar-refractivity contribution is 7.11. The lowest BCUT2D eigenvalue weighted by Gasteiger charge is -2.26. The minimum Gasteiger partial charge on any atom is -0.379 e. The summed E-state index contributed by atoms with van der Waals surface area (Å²) in [5, 5.41) is 6.68. The molecule has 8 heteroatoms. The van der Waals surface area contributed by atoms with Crippen molar-refractivity contribution in [2.75, 3.05) is 60.0 Å². The van der Waals surface area contributed by atoms with Crippen molar-refractivity contribution in [1.82, 2.24) is 20.4 Å². The smallest absolute Gasteiger partial charge is 0.243 e. The topological polar surface area (TPSA) is 69.2 Å². The molecule has 1 aliphatic heterocycles. The number of hydrogen-bond acceptors (Lipinski definition) is 5. The van der Waals surface area contributed by atoms with Crippen LogP contribution in [0.3, 0.4) is 0 Å². The minimum atomic E-state index is -0.0105. The SMILES string of the molecule is CCc1ccc(CNC(=NCC(=O)N(C)C)NCCN2CCOCC2)s1. The van der Waals surface area contributed by atoms with Crippen LogP contribution < -0.4 is 10.6 Å². The first-order valence-corrected chi connectivity index (χ1v) is 10.00. The number of thiophene rings is 1. The van der Waals surface area contributed by atoms with Gasteiger partial charge in [-0.3, -0.25) is 9.69 Å². The van der Waals surface area contributed by atoms with Gasteiger partial charge < -0.3 is 20.3 Å². The average Bonchev–Trinajstić information content (AvgIpc) is 3.12. The van der Waals surface area contributed by atoms with Gasteiger partial charge >= 0.3 is 0 Å². The summed E-state index contributed by atoms with van der Waals surface area (Å²) in [4.78, 5) is 22.8. The molecule has 0 aromatic carbocycles. The molecular formula is C18H31N5O2S. The third-order valence-electron chi connectivity index (χ3n) is 4.19. The lowest BCUT2D eigenvalue weighted by Crippen LogP contribution is -2.44. The van der Waals surface area contributed by atoms with Gasteiger partial charge in [0, 0.05) is 50.0 Å².